The van der Waals surface area contributed by atoms with Gasteiger partial charge in [-0.2, -0.15) is 0 Å². The number of rotatable bonds is 7. The van der Waals surface area contributed by atoms with E-state index in [0.29, 0.717) is 6.61 Å². The average molecular weight is 297 g/mol. The van der Waals surface area contributed by atoms with Crippen molar-refractivity contribution in [3.63, 3.8) is 0 Å². The number of nitrogens with one attached hydrogen (secondary N) is 1. The number of hydrogen-bond donors (Lipinski definition) is 1. The Hall–Kier alpha value is -0.980. The first kappa shape index (κ1) is 15.4. The Balaban J connectivity index is 1.70. The van der Waals surface area contributed by atoms with Gasteiger partial charge in [-0.05, 0) is 20.3 Å². The maximum absolute atomic E-state index is 12.2. The van der Waals surface area contributed by atoms with Crippen LogP contribution in [0.25, 0.3) is 0 Å². The fourth-order valence-electron chi connectivity index (χ4n) is 2.49. The average Bonchev–Trinajstić information content (AvgIpc) is 3.11. The molecule has 1 N–H and O–H groups in total. The van der Waals surface area contributed by atoms with E-state index < -0.39 is 0 Å². The number of ether oxygens (including phenoxy) is 1. The molecular formula is C14H23N3O2S. The number of amides is 1. The molecule has 6 heteroatoms. The van der Waals surface area contributed by atoms with E-state index in [2.05, 4.69) is 10.3 Å². The first-order valence-corrected chi connectivity index (χ1v) is 8.12. The van der Waals surface area contributed by atoms with Crippen LogP contribution in [0.3, 0.4) is 0 Å². The highest BCUT2D eigenvalue weighted by atomic mass is 32.1. The number of hydrogen-bond acceptors (Lipinski definition) is 5. The highest BCUT2D eigenvalue weighted by Crippen LogP contribution is 2.21. The lowest BCUT2D eigenvalue weighted by molar-refractivity contribution is -0.135. The second kappa shape index (κ2) is 7.71. The van der Waals surface area contributed by atoms with Crippen molar-refractivity contribution < 1.29 is 9.53 Å². The number of nitrogens with zero attached hydrogens (tertiary/aromatic N) is 2. The van der Waals surface area contributed by atoms with E-state index in [1.54, 1.807) is 11.3 Å². The Kier molecular flexibility index (Phi) is 5.94. The van der Waals surface area contributed by atoms with Crippen LogP contribution in [0, 0.1) is 5.92 Å². The third-order valence-corrected chi connectivity index (χ3v) is 4.42. The van der Waals surface area contributed by atoms with Crippen LogP contribution in [0.1, 0.15) is 25.3 Å². The summed E-state index contributed by atoms with van der Waals surface area (Å²) in [5.41, 5.74) is 0. The lowest BCUT2D eigenvalue weighted by atomic mass is 10.0. The number of carbonyl (C=O) groups is 1. The van der Waals surface area contributed by atoms with E-state index >= 15 is 0 Å². The molecule has 1 aromatic rings. The minimum Gasteiger partial charge on any atom is -0.376 e. The summed E-state index contributed by atoms with van der Waals surface area (Å²) < 4.78 is 5.72. The molecule has 20 heavy (non-hydrogen) atoms. The molecule has 1 saturated heterocycles. The first-order valence-electron chi connectivity index (χ1n) is 7.24. The molecule has 0 radical (unpaired) electrons. The van der Waals surface area contributed by atoms with Gasteiger partial charge in [-0.25, -0.2) is 4.98 Å². The molecule has 0 saturated carbocycles. The van der Waals surface area contributed by atoms with Gasteiger partial charge in [0.05, 0.1) is 18.6 Å². The molecule has 112 valence electrons. The number of aromatic nitrogens is 1. The molecule has 5 nitrogen and oxygen atoms in total. The quantitative estimate of drug-likeness (QED) is 0.829. The van der Waals surface area contributed by atoms with Crippen LogP contribution in [0.2, 0.25) is 0 Å². The molecule has 2 heterocycles. The monoisotopic (exact) mass is 297 g/mol. The number of thiazole rings is 1. The van der Waals surface area contributed by atoms with Gasteiger partial charge in [-0.1, -0.05) is 0 Å². The Morgan fingerprint density at radius 3 is 3.00 bits per heavy atom. The molecule has 1 fully saturated rings. The maximum atomic E-state index is 12.2. The molecule has 1 aliphatic rings. The molecule has 0 aromatic carbocycles. The fraction of sp³-hybridized carbons (Fsp3) is 0.714. The Labute approximate surface area is 124 Å². The summed E-state index contributed by atoms with van der Waals surface area (Å²) in [4.78, 5) is 18.3. The molecule has 2 rings (SSSR count). The summed E-state index contributed by atoms with van der Waals surface area (Å²) >= 11 is 1.65. The van der Waals surface area contributed by atoms with Crippen LogP contribution in [0.4, 0.5) is 0 Å². The van der Waals surface area contributed by atoms with E-state index in [0.717, 1.165) is 37.6 Å². The van der Waals surface area contributed by atoms with Gasteiger partial charge < -0.3 is 15.0 Å². The summed E-state index contributed by atoms with van der Waals surface area (Å²) in [5, 5.41) is 6.40. The van der Waals surface area contributed by atoms with Gasteiger partial charge >= 0.3 is 0 Å². The van der Waals surface area contributed by atoms with Crippen LogP contribution >= 0.6 is 11.3 Å². The van der Waals surface area contributed by atoms with Crippen molar-refractivity contribution in [3.05, 3.63) is 16.6 Å². The van der Waals surface area contributed by atoms with E-state index in [1.165, 1.54) is 0 Å². The predicted molar refractivity (Wildman–Crippen MR) is 79.6 cm³/mol. The third-order valence-electron chi connectivity index (χ3n) is 3.64. The zero-order valence-corrected chi connectivity index (χ0v) is 13.0. The molecule has 0 spiro atoms. The fourth-order valence-corrected chi connectivity index (χ4v) is 3.08. The van der Waals surface area contributed by atoms with Crippen LogP contribution in [0.15, 0.2) is 11.6 Å². The number of carbonyl (C=O) groups excluding carboxylic acids is 1. The van der Waals surface area contributed by atoms with Crippen molar-refractivity contribution in [2.24, 2.45) is 5.92 Å². The van der Waals surface area contributed by atoms with Gasteiger partial charge in [0.2, 0.25) is 5.91 Å². The van der Waals surface area contributed by atoms with Gasteiger partial charge in [0.15, 0.2) is 0 Å². The molecule has 1 aliphatic heterocycles. The van der Waals surface area contributed by atoms with Crippen LogP contribution in [-0.4, -0.2) is 48.1 Å². The van der Waals surface area contributed by atoms with E-state index in [4.69, 9.17) is 4.74 Å². The largest absolute Gasteiger partial charge is 0.376 e. The van der Waals surface area contributed by atoms with Gasteiger partial charge in [-0.3, -0.25) is 4.79 Å². The van der Waals surface area contributed by atoms with Crippen LogP contribution in [-0.2, 0) is 16.1 Å². The summed E-state index contributed by atoms with van der Waals surface area (Å²) in [7, 11) is 0. The van der Waals surface area contributed by atoms with Crippen molar-refractivity contribution >= 4 is 17.2 Å². The van der Waals surface area contributed by atoms with Gasteiger partial charge in [0.25, 0.3) is 0 Å². The van der Waals surface area contributed by atoms with Crippen LogP contribution < -0.4 is 5.32 Å². The topological polar surface area (TPSA) is 54.5 Å². The van der Waals surface area contributed by atoms with Crippen molar-refractivity contribution in [1.82, 2.24) is 15.2 Å². The zero-order chi connectivity index (χ0) is 14.4. The zero-order valence-electron chi connectivity index (χ0n) is 12.2. The van der Waals surface area contributed by atoms with Gasteiger partial charge in [-0.15, -0.1) is 11.3 Å². The van der Waals surface area contributed by atoms with E-state index in [1.807, 2.05) is 30.3 Å². The van der Waals surface area contributed by atoms with Gasteiger partial charge in [0, 0.05) is 37.8 Å². The SMILES string of the molecule is CCN(CC)C(=O)[C@@H]1CO[C@H](CNCc2nccs2)C1. The standard InChI is InChI=1S/C14H23N3O2S/c1-3-17(4-2)14(18)11-7-12(19-10-11)8-15-9-13-16-5-6-20-13/h5-6,11-12,15H,3-4,7-10H2,1-2H3/t11-,12-/m0/s1. The second-order valence-corrected chi connectivity index (χ2v) is 5.93. The first-order chi connectivity index (χ1) is 9.74. The summed E-state index contributed by atoms with van der Waals surface area (Å²) in [6, 6.07) is 0. The lowest BCUT2D eigenvalue weighted by Crippen LogP contribution is -2.36. The van der Waals surface area contributed by atoms with Crippen molar-refractivity contribution in [1.29, 1.82) is 0 Å². The van der Waals surface area contributed by atoms with Crippen molar-refractivity contribution in [3.8, 4) is 0 Å². The molecular weight excluding hydrogens is 274 g/mol. The predicted octanol–water partition coefficient (Wildman–Crippen LogP) is 1.51. The Morgan fingerprint density at radius 2 is 2.35 bits per heavy atom. The molecule has 0 bridgehead atoms. The highest BCUT2D eigenvalue weighted by molar-refractivity contribution is 7.09. The van der Waals surface area contributed by atoms with E-state index in [9.17, 15) is 4.79 Å². The lowest BCUT2D eigenvalue weighted by Gasteiger charge is -2.21. The summed E-state index contributed by atoms with van der Waals surface area (Å²) in [6.45, 7) is 7.69. The molecule has 0 unspecified atom stereocenters. The minimum atomic E-state index is 0.0292. The Morgan fingerprint density at radius 1 is 1.55 bits per heavy atom. The highest BCUT2D eigenvalue weighted by Gasteiger charge is 2.32. The van der Waals surface area contributed by atoms with Crippen LogP contribution in [0.5, 0.6) is 0 Å². The van der Waals surface area contributed by atoms with Crippen molar-refractivity contribution in [2.75, 3.05) is 26.2 Å². The molecule has 0 aliphatic carbocycles. The molecule has 1 amide bonds. The molecule has 1 aromatic heterocycles. The summed E-state index contributed by atoms with van der Waals surface area (Å²) in [5.74, 6) is 0.263. The normalized spacial score (nSPS) is 22.1. The van der Waals surface area contributed by atoms with E-state index in [-0.39, 0.29) is 17.9 Å². The smallest absolute Gasteiger partial charge is 0.228 e. The molecule has 2 atom stereocenters. The maximum Gasteiger partial charge on any atom is 0.228 e. The Bertz CT molecular complexity index is 407. The second-order valence-electron chi connectivity index (χ2n) is 4.96. The van der Waals surface area contributed by atoms with Gasteiger partial charge in [0.1, 0.15) is 5.01 Å². The summed E-state index contributed by atoms with van der Waals surface area (Å²) in [6.07, 6.45) is 2.77. The minimum absolute atomic E-state index is 0.0292. The van der Waals surface area contributed by atoms with Crippen molar-refractivity contribution in [2.45, 2.75) is 32.9 Å². The third kappa shape index (κ3) is 4.01.